The molecule has 0 saturated carbocycles. The third-order valence-corrected chi connectivity index (χ3v) is 2.58. The highest BCUT2D eigenvalue weighted by atomic mass is 19.1. The second-order valence-corrected chi connectivity index (χ2v) is 3.77. The van der Waals surface area contributed by atoms with Crippen LogP contribution >= 0.6 is 0 Å². The second-order valence-electron chi connectivity index (χ2n) is 3.77. The maximum absolute atomic E-state index is 13.2. The van der Waals surface area contributed by atoms with Crippen molar-refractivity contribution in [1.29, 1.82) is 0 Å². The monoisotopic (exact) mass is 241 g/mol. The first-order valence-electron chi connectivity index (χ1n) is 5.83. The normalized spacial score (nSPS) is 12.5. The molecule has 17 heavy (non-hydrogen) atoms. The summed E-state index contributed by atoms with van der Waals surface area (Å²) in [4.78, 5) is 0. The summed E-state index contributed by atoms with van der Waals surface area (Å²) >= 11 is 0. The van der Waals surface area contributed by atoms with E-state index in [4.69, 9.17) is 9.47 Å². The number of benzene rings is 1. The fourth-order valence-electron chi connectivity index (χ4n) is 1.56. The smallest absolute Gasteiger partial charge is 0.165 e. The van der Waals surface area contributed by atoms with Crippen LogP contribution in [0.1, 0.15) is 25.5 Å². The Hall–Kier alpha value is -1.13. The minimum absolute atomic E-state index is 0.143. The molecule has 0 bridgehead atoms. The van der Waals surface area contributed by atoms with Gasteiger partial charge >= 0.3 is 0 Å². The highest BCUT2D eigenvalue weighted by molar-refractivity contribution is 5.31. The van der Waals surface area contributed by atoms with Crippen LogP contribution in [0.4, 0.5) is 4.39 Å². The zero-order chi connectivity index (χ0) is 12.7. The van der Waals surface area contributed by atoms with E-state index < -0.39 is 0 Å². The summed E-state index contributed by atoms with van der Waals surface area (Å²) in [5.41, 5.74) is 1.000. The standard InChI is InChI=1S/C13H20FNO2/c1-4-17-8-7-15-10(2)11-5-6-12(14)13(9-11)16-3/h5-6,9-10,15H,4,7-8H2,1-3H3. The van der Waals surface area contributed by atoms with Crippen LogP contribution in [-0.2, 0) is 4.74 Å². The molecule has 0 aliphatic heterocycles. The zero-order valence-corrected chi connectivity index (χ0v) is 10.6. The minimum Gasteiger partial charge on any atom is -0.494 e. The average Bonchev–Trinajstić information content (AvgIpc) is 2.35. The van der Waals surface area contributed by atoms with Crippen LogP contribution in [-0.4, -0.2) is 26.9 Å². The van der Waals surface area contributed by atoms with Crippen molar-refractivity contribution in [2.75, 3.05) is 26.9 Å². The van der Waals surface area contributed by atoms with Gasteiger partial charge in [-0.2, -0.15) is 0 Å². The fraction of sp³-hybridized carbons (Fsp3) is 0.538. The molecule has 1 N–H and O–H groups in total. The van der Waals surface area contributed by atoms with Gasteiger partial charge in [0.05, 0.1) is 13.7 Å². The van der Waals surface area contributed by atoms with Gasteiger partial charge in [-0.25, -0.2) is 4.39 Å². The van der Waals surface area contributed by atoms with Crippen LogP contribution < -0.4 is 10.1 Å². The first-order chi connectivity index (χ1) is 8.19. The van der Waals surface area contributed by atoms with Gasteiger partial charge in [0.1, 0.15) is 0 Å². The van der Waals surface area contributed by atoms with Crippen molar-refractivity contribution in [1.82, 2.24) is 5.32 Å². The van der Waals surface area contributed by atoms with Crippen molar-refractivity contribution >= 4 is 0 Å². The number of methoxy groups -OCH3 is 1. The Labute approximate surface area is 102 Å². The maximum atomic E-state index is 13.2. The predicted octanol–water partition coefficient (Wildman–Crippen LogP) is 2.52. The Morgan fingerprint density at radius 3 is 2.82 bits per heavy atom. The first-order valence-corrected chi connectivity index (χ1v) is 5.83. The molecule has 0 fully saturated rings. The largest absolute Gasteiger partial charge is 0.494 e. The number of nitrogens with one attached hydrogen (secondary N) is 1. The molecule has 0 heterocycles. The molecule has 96 valence electrons. The number of hydrogen-bond donors (Lipinski definition) is 1. The molecule has 0 saturated heterocycles. The Kier molecular flexibility index (Phi) is 5.94. The van der Waals surface area contributed by atoms with Gasteiger partial charge in [0, 0.05) is 19.2 Å². The lowest BCUT2D eigenvalue weighted by Crippen LogP contribution is -2.23. The molecule has 1 unspecified atom stereocenters. The van der Waals surface area contributed by atoms with Crippen molar-refractivity contribution in [2.45, 2.75) is 19.9 Å². The molecule has 0 aliphatic rings. The van der Waals surface area contributed by atoms with Crippen LogP contribution in [0.15, 0.2) is 18.2 Å². The zero-order valence-electron chi connectivity index (χ0n) is 10.6. The van der Waals surface area contributed by atoms with E-state index in [0.29, 0.717) is 6.61 Å². The Morgan fingerprint density at radius 2 is 2.18 bits per heavy atom. The third kappa shape index (κ3) is 4.32. The van der Waals surface area contributed by atoms with E-state index >= 15 is 0 Å². The molecule has 4 heteroatoms. The Bertz CT molecular complexity index is 344. The lowest BCUT2D eigenvalue weighted by Gasteiger charge is -2.15. The van der Waals surface area contributed by atoms with Gasteiger partial charge in [-0.1, -0.05) is 6.07 Å². The van der Waals surface area contributed by atoms with E-state index in [1.807, 2.05) is 13.8 Å². The van der Waals surface area contributed by atoms with Gasteiger partial charge in [-0.05, 0) is 31.5 Å². The summed E-state index contributed by atoms with van der Waals surface area (Å²) < 4.78 is 23.4. The number of ether oxygens (including phenoxy) is 2. The van der Waals surface area contributed by atoms with E-state index in [9.17, 15) is 4.39 Å². The molecular weight excluding hydrogens is 221 g/mol. The molecule has 0 aliphatic carbocycles. The molecule has 1 aromatic carbocycles. The van der Waals surface area contributed by atoms with Crippen molar-refractivity contribution in [2.24, 2.45) is 0 Å². The number of halogens is 1. The van der Waals surface area contributed by atoms with Crippen molar-refractivity contribution < 1.29 is 13.9 Å². The molecule has 1 atom stereocenters. The van der Waals surface area contributed by atoms with E-state index in [0.717, 1.165) is 18.7 Å². The summed E-state index contributed by atoms with van der Waals surface area (Å²) in [5, 5.41) is 3.30. The second kappa shape index (κ2) is 7.25. The van der Waals surface area contributed by atoms with Crippen molar-refractivity contribution in [3.8, 4) is 5.75 Å². The Balaban J connectivity index is 2.53. The van der Waals surface area contributed by atoms with Crippen LogP contribution in [0.5, 0.6) is 5.75 Å². The number of rotatable bonds is 7. The maximum Gasteiger partial charge on any atom is 0.165 e. The van der Waals surface area contributed by atoms with Gasteiger partial charge in [-0.15, -0.1) is 0 Å². The molecule has 0 amide bonds. The van der Waals surface area contributed by atoms with Gasteiger partial charge in [0.2, 0.25) is 0 Å². The summed E-state index contributed by atoms with van der Waals surface area (Å²) in [6.45, 7) is 6.17. The van der Waals surface area contributed by atoms with Crippen molar-refractivity contribution in [3.05, 3.63) is 29.6 Å². The topological polar surface area (TPSA) is 30.5 Å². The molecule has 0 spiro atoms. The van der Waals surface area contributed by atoms with Crippen molar-refractivity contribution in [3.63, 3.8) is 0 Å². The summed E-state index contributed by atoms with van der Waals surface area (Å²) in [6.07, 6.45) is 0. The summed E-state index contributed by atoms with van der Waals surface area (Å²) in [5.74, 6) is -0.0567. The molecule has 0 radical (unpaired) electrons. The first kappa shape index (κ1) is 13.9. The highest BCUT2D eigenvalue weighted by Gasteiger charge is 2.08. The lowest BCUT2D eigenvalue weighted by molar-refractivity contribution is 0.147. The van der Waals surface area contributed by atoms with Crippen LogP contribution in [0.3, 0.4) is 0 Å². The van der Waals surface area contributed by atoms with Crippen LogP contribution in [0, 0.1) is 5.82 Å². The number of hydrogen-bond acceptors (Lipinski definition) is 3. The predicted molar refractivity (Wildman–Crippen MR) is 65.9 cm³/mol. The van der Waals surface area contributed by atoms with E-state index in [2.05, 4.69) is 5.32 Å². The van der Waals surface area contributed by atoms with Gasteiger partial charge in [0.25, 0.3) is 0 Å². The van der Waals surface area contributed by atoms with Crippen LogP contribution in [0.2, 0.25) is 0 Å². The molecular formula is C13H20FNO2. The average molecular weight is 241 g/mol. The molecule has 0 aromatic heterocycles. The third-order valence-electron chi connectivity index (χ3n) is 2.58. The summed E-state index contributed by atoms with van der Waals surface area (Å²) in [6, 6.07) is 5.05. The SMILES string of the molecule is CCOCCNC(C)c1ccc(F)c(OC)c1. The molecule has 1 rings (SSSR count). The van der Waals surface area contributed by atoms with E-state index in [-0.39, 0.29) is 17.6 Å². The van der Waals surface area contributed by atoms with Gasteiger partial charge < -0.3 is 14.8 Å². The van der Waals surface area contributed by atoms with E-state index in [1.165, 1.54) is 13.2 Å². The Morgan fingerprint density at radius 1 is 1.41 bits per heavy atom. The molecule has 1 aromatic rings. The van der Waals surface area contributed by atoms with E-state index in [1.54, 1.807) is 12.1 Å². The highest BCUT2D eigenvalue weighted by Crippen LogP contribution is 2.22. The van der Waals surface area contributed by atoms with Crippen LogP contribution in [0.25, 0.3) is 0 Å². The lowest BCUT2D eigenvalue weighted by atomic mass is 10.1. The van der Waals surface area contributed by atoms with Gasteiger partial charge in [0.15, 0.2) is 11.6 Å². The minimum atomic E-state index is -0.335. The fourth-order valence-corrected chi connectivity index (χ4v) is 1.56. The quantitative estimate of drug-likeness (QED) is 0.744. The summed E-state index contributed by atoms with van der Waals surface area (Å²) in [7, 11) is 1.47. The molecule has 3 nitrogen and oxygen atoms in total. The van der Waals surface area contributed by atoms with Gasteiger partial charge in [-0.3, -0.25) is 0 Å².